The van der Waals surface area contributed by atoms with Crippen LogP contribution in [0.15, 0.2) is 42.6 Å². The number of hydrogen-bond donors (Lipinski definition) is 2. The highest BCUT2D eigenvalue weighted by atomic mass is 35.5. The highest BCUT2D eigenvalue weighted by Crippen LogP contribution is 2.12. The molecule has 0 aliphatic carbocycles. The molecule has 0 atom stereocenters. The molecule has 2 N–H and O–H groups in total. The Kier molecular flexibility index (Phi) is 3.77. The van der Waals surface area contributed by atoms with E-state index < -0.39 is 5.97 Å². The lowest BCUT2D eigenvalue weighted by molar-refractivity contribution is 0.0696. The number of carbonyl (C=O) groups excluding carboxylic acids is 1. The molecule has 0 fully saturated rings. The molecular formula is C13H9ClN2O3. The Labute approximate surface area is 113 Å². The molecule has 0 saturated heterocycles. The Hall–Kier alpha value is -2.40. The zero-order valence-electron chi connectivity index (χ0n) is 9.63. The largest absolute Gasteiger partial charge is 0.478 e. The minimum atomic E-state index is -1.01. The van der Waals surface area contributed by atoms with Crippen molar-refractivity contribution in [2.24, 2.45) is 0 Å². The van der Waals surface area contributed by atoms with Crippen molar-refractivity contribution < 1.29 is 14.7 Å². The van der Waals surface area contributed by atoms with E-state index in [1.807, 2.05) is 0 Å². The minimum Gasteiger partial charge on any atom is -0.478 e. The number of carboxylic acids is 1. The van der Waals surface area contributed by atoms with Gasteiger partial charge < -0.3 is 10.4 Å². The molecular weight excluding hydrogens is 268 g/mol. The number of nitrogens with one attached hydrogen (secondary N) is 1. The van der Waals surface area contributed by atoms with E-state index >= 15 is 0 Å². The number of benzene rings is 1. The number of amides is 1. The number of hydrogen-bond acceptors (Lipinski definition) is 3. The zero-order valence-corrected chi connectivity index (χ0v) is 10.4. The van der Waals surface area contributed by atoms with E-state index in [4.69, 9.17) is 16.7 Å². The third-order valence-electron chi connectivity index (χ3n) is 2.38. The normalized spacial score (nSPS) is 9.95. The van der Waals surface area contributed by atoms with Gasteiger partial charge in [0, 0.05) is 11.9 Å². The number of aromatic nitrogens is 1. The van der Waals surface area contributed by atoms with Gasteiger partial charge in [-0.2, -0.15) is 0 Å². The maximum absolute atomic E-state index is 11.8. The first-order valence-electron chi connectivity index (χ1n) is 5.32. The summed E-state index contributed by atoms with van der Waals surface area (Å²) in [5, 5.41) is 11.7. The molecule has 0 aliphatic heterocycles. The van der Waals surface area contributed by atoms with Gasteiger partial charge in [0.25, 0.3) is 5.91 Å². The predicted octanol–water partition coefficient (Wildman–Crippen LogP) is 2.69. The smallest absolute Gasteiger partial charge is 0.335 e. The van der Waals surface area contributed by atoms with Crippen LogP contribution in [0.5, 0.6) is 0 Å². The molecule has 19 heavy (non-hydrogen) atoms. The van der Waals surface area contributed by atoms with Gasteiger partial charge >= 0.3 is 5.97 Å². The number of nitrogens with zero attached hydrogens (tertiary/aromatic N) is 1. The van der Waals surface area contributed by atoms with Gasteiger partial charge in [-0.05, 0) is 36.4 Å². The molecule has 0 radical (unpaired) electrons. The Morgan fingerprint density at radius 1 is 1.05 bits per heavy atom. The molecule has 2 rings (SSSR count). The van der Waals surface area contributed by atoms with Crippen LogP contribution in [-0.4, -0.2) is 22.0 Å². The van der Waals surface area contributed by atoms with Crippen molar-refractivity contribution in [1.82, 2.24) is 4.98 Å². The fourth-order valence-electron chi connectivity index (χ4n) is 1.41. The molecule has 1 aromatic carbocycles. The molecule has 1 amide bonds. The van der Waals surface area contributed by atoms with Gasteiger partial charge in [0.2, 0.25) is 0 Å². The number of anilines is 1. The first kappa shape index (κ1) is 13.0. The molecule has 0 unspecified atom stereocenters. The van der Waals surface area contributed by atoms with Gasteiger partial charge in [-0.1, -0.05) is 11.6 Å². The Morgan fingerprint density at radius 3 is 2.21 bits per heavy atom. The van der Waals surface area contributed by atoms with Crippen molar-refractivity contribution in [3.63, 3.8) is 0 Å². The van der Waals surface area contributed by atoms with Gasteiger partial charge in [0.15, 0.2) is 0 Å². The fraction of sp³-hybridized carbons (Fsp3) is 0. The average molecular weight is 277 g/mol. The highest BCUT2D eigenvalue weighted by Gasteiger charge is 2.07. The molecule has 6 heteroatoms. The standard InChI is InChI=1S/C13H9ClN2O3/c14-11-6-3-9(7-15-11)12(17)16-10-4-1-8(2-5-10)13(18)19/h1-7H,(H,16,17)(H,18,19). The van der Waals surface area contributed by atoms with Crippen molar-refractivity contribution in [1.29, 1.82) is 0 Å². The average Bonchev–Trinajstić information content (AvgIpc) is 2.40. The summed E-state index contributed by atoms with van der Waals surface area (Å²) >= 11 is 5.63. The molecule has 96 valence electrons. The van der Waals surface area contributed by atoms with Crippen molar-refractivity contribution in [3.05, 3.63) is 58.9 Å². The highest BCUT2D eigenvalue weighted by molar-refractivity contribution is 6.29. The van der Waals surface area contributed by atoms with Crippen LogP contribution < -0.4 is 5.32 Å². The summed E-state index contributed by atoms with van der Waals surface area (Å²) in [5.74, 6) is -1.35. The van der Waals surface area contributed by atoms with E-state index in [0.29, 0.717) is 16.4 Å². The van der Waals surface area contributed by atoms with E-state index in [0.717, 1.165) is 0 Å². The molecule has 0 spiro atoms. The monoisotopic (exact) mass is 276 g/mol. The van der Waals surface area contributed by atoms with E-state index in [9.17, 15) is 9.59 Å². The summed E-state index contributed by atoms with van der Waals surface area (Å²) in [7, 11) is 0. The van der Waals surface area contributed by atoms with Crippen LogP contribution in [0.3, 0.4) is 0 Å². The number of carboxylic acid groups (broad SMARTS) is 1. The van der Waals surface area contributed by atoms with Gasteiger partial charge in [-0.25, -0.2) is 9.78 Å². The molecule has 1 aromatic heterocycles. The summed E-state index contributed by atoms with van der Waals surface area (Å²) in [6, 6.07) is 8.94. The summed E-state index contributed by atoms with van der Waals surface area (Å²) in [6.07, 6.45) is 1.36. The molecule has 2 aromatic rings. The van der Waals surface area contributed by atoms with Gasteiger partial charge in [-0.15, -0.1) is 0 Å². The molecule has 1 heterocycles. The molecule has 5 nitrogen and oxygen atoms in total. The fourth-order valence-corrected chi connectivity index (χ4v) is 1.52. The Balaban J connectivity index is 2.10. The van der Waals surface area contributed by atoms with Crippen LogP contribution in [0.2, 0.25) is 5.15 Å². The molecule has 0 saturated carbocycles. The third kappa shape index (κ3) is 3.29. The predicted molar refractivity (Wildman–Crippen MR) is 70.6 cm³/mol. The second-order valence-corrected chi connectivity index (χ2v) is 4.09. The maximum atomic E-state index is 11.8. The topological polar surface area (TPSA) is 79.3 Å². The third-order valence-corrected chi connectivity index (χ3v) is 2.60. The van der Waals surface area contributed by atoms with Crippen molar-refractivity contribution >= 4 is 29.2 Å². The van der Waals surface area contributed by atoms with E-state index in [1.165, 1.54) is 36.5 Å². The first-order valence-corrected chi connectivity index (χ1v) is 5.70. The van der Waals surface area contributed by atoms with Crippen LogP contribution in [0, 0.1) is 0 Å². The lowest BCUT2D eigenvalue weighted by atomic mass is 10.2. The van der Waals surface area contributed by atoms with Gasteiger partial charge in [-0.3, -0.25) is 4.79 Å². The molecule has 0 aliphatic rings. The van der Waals surface area contributed by atoms with Crippen molar-refractivity contribution in [2.75, 3.05) is 5.32 Å². The SMILES string of the molecule is O=C(O)c1ccc(NC(=O)c2ccc(Cl)nc2)cc1. The number of carbonyl (C=O) groups is 2. The lowest BCUT2D eigenvalue weighted by Gasteiger charge is -2.05. The zero-order chi connectivity index (χ0) is 13.8. The summed E-state index contributed by atoms with van der Waals surface area (Å²) < 4.78 is 0. The molecule has 0 bridgehead atoms. The number of pyridine rings is 1. The van der Waals surface area contributed by atoms with Crippen molar-refractivity contribution in [2.45, 2.75) is 0 Å². The van der Waals surface area contributed by atoms with E-state index in [2.05, 4.69) is 10.3 Å². The summed E-state index contributed by atoms with van der Waals surface area (Å²) in [5.41, 5.74) is 1.03. The number of halogens is 1. The van der Waals surface area contributed by atoms with E-state index in [1.54, 1.807) is 6.07 Å². The van der Waals surface area contributed by atoms with Crippen LogP contribution in [0.25, 0.3) is 0 Å². The quantitative estimate of drug-likeness (QED) is 0.845. The van der Waals surface area contributed by atoms with Crippen LogP contribution in [0.1, 0.15) is 20.7 Å². The van der Waals surface area contributed by atoms with E-state index in [-0.39, 0.29) is 11.5 Å². The first-order chi connectivity index (χ1) is 9.06. The lowest BCUT2D eigenvalue weighted by Crippen LogP contribution is -2.12. The maximum Gasteiger partial charge on any atom is 0.335 e. The van der Waals surface area contributed by atoms with Gasteiger partial charge in [0.05, 0.1) is 11.1 Å². The summed E-state index contributed by atoms with van der Waals surface area (Å²) in [4.78, 5) is 26.3. The Morgan fingerprint density at radius 2 is 1.68 bits per heavy atom. The second kappa shape index (κ2) is 5.49. The Bertz CT molecular complexity index is 609. The van der Waals surface area contributed by atoms with Gasteiger partial charge in [0.1, 0.15) is 5.15 Å². The summed E-state index contributed by atoms with van der Waals surface area (Å²) in [6.45, 7) is 0. The van der Waals surface area contributed by atoms with Crippen LogP contribution in [0.4, 0.5) is 5.69 Å². The number of aromatic carboxylic acids is 1. The van der Waals surface area contributed by atoms with Crippen molar-refractivity contribution in [3.8, 4) is 0 Å². The minimum absolute atomic E-state index is 0.158. The van der Waals surface area contributed by atoms with Crippen LogP contribution in [-0.2, 0) is 0 Å². The number of rotatable bonds is 3. The van der Waals surface area contributed by atoms with Crippen LogP contribution >= 0.6 is 11.6 Å². The second-order valence-electron chi connectivity index (χ2n) is 3.71.